The number of allylic oxidation sites excluding steroid dienone is 5. The van der Waals surface area contributed by atoms with Crippen LogP contribution in [0.25, 0.3) is 11.0 Å². The second-order valence-electron chi connectivity index (χ2n) is 5.75. The van der Waals surface area contributed by atoms with Gasteiger partial charge in [-0.1, -0.05) is 42.5 Å². The number of aliphatic hydroxyl groups is 1. The summed E-state index contributed by atoms with van der Waals surface area (Å²) in [5.41, 5.74) is 0.752. The number of nitrogens with zero attached hydrogens (tertiary/aromatic N) is 1. The summed E-state index contributed by atoms with van der Waals surface area (Å²) in [4.78, 5) is 22.6. The van der Waals surface area contributed by atoms with Gasteiger partial charge in [-0.15, -0.1) is 0 Å². The number of furan rings is 1. The number of carbonyl (C=O) groups excluding carboxylic acids is 2. The summed E-state index contributed by atoms with van der Waals surface area (Å²) >= 11 is 0. The van der Waals surface area contributed by atoms with Crippen molar-refractivity contribution in [2.45, 2.75) is 20.0 Å². The zero-order valence-corrected chi connectivity index (χ0v) is 14.5. The molecule has 0 fully saturated rings. The molecule has 5 heteroatoms. The fourth-order valence-corrected chi connectivity index (χ4v) is 2.43. The lowest BCUT2D eigenvalue weighted by molar-refractivity contribution is -0.119. The molecule has 0 radical (unpaired) electrons. The average molecular weight is 349 g/mol. The first-order valence-corrected chi connectivity index (χ1v) is 8.07. The topological polar surface area (TPSA) is 91.3 Å². The third kappa shape index (κ3) is 4.65. The van der Waals surface area contributed by atoms with Crippen LogP contribution in [0.2, 0.25) is 0 Å². The molecule has 1 heterocycles. The van der Waals surface area contributed by atoms with Gasteiger partial charge >= 0.3 is 0 Å². The van der Waals surface area contributed by atoms with E-state index in [4.69, 9.17) is 4.42 Å². The maximum Gasteiger partial charge on any atom is 0.163 e. The Bertz CT molecular complexity index is 891. The summed E-state index contributed by atoms with van der Waals surface area (Å²) in [6.45, 7) is 2.65. The lowest BCUT2D eigenvalue weighted by Crippen LogP contribution is -2.07. The minimum atomic E-state index is -1.10. The van der Waals surface area contributed by atoms with Gasteiger partial charge < -0.3 is 9.52 Å². The van der Waals surface area contributed by atoms with Crippen LogP contribution in [0.1, 0.15) is 25.7 Å². The molecule has 1 aromatic heterocycles. The van der Waals surface area contributed by atoms with Crippen molar-refractivity contribution < 1.29 is 19.1 Å². The van der Waals surface area contributed by atoms with Crippen molar-refractivity contribution in [2.75, 3.05) is 0 Å². The number of nitriles is 1. The van der Waals surface area contributed by atoms with Crippen LogP contribution in [0.5, 0.6) is 0 Å². The van der Waals surface area contributed by atoms with E-state index in [1.165, 1.54) is 32.1 Å². The van der Waals surface area contributed by atoms with E-state index in [-0.39, 0.29) is 17.1 Å². The summed E-state index contributed by atoms with van der Waals surface area (Å²) in [5, 5.41) is 20.5. The molecular formula is C21H19NO4. The second-order valence-corrected chi connectivity index (χ2v) is 5.75. The van der Waals surface area contributed by atoms with E-state index in [0.717, 1.165) is 5.39 Å². The smallest absolute Gasteiger partial charge is 0.163 e. The van der Waals surface area contributed by atoms with E-state index in [0.29, 0.717) is 11.3 Å². The van der Waals surface area contributed by atoms with Crippen LogP contribution in [-0.2, 0) is 9.59 Å². The lowest BCUT2D eigenvalue weighted by atomic mass is 10.0. The Balaban J connectivity index is 2.10. The molecule has 5 nitrogen and oxygen atoms in total. The summed E-state index contributed by atoms with van der Waals surface area (Å²) in [7, 11) is 0. The molecule has 26 heavy (non-hydrogen) atoms. The molecular weight excluding hydrogens is 330 g/mol. The van der Waals surface area contributed by atoms with Gasteiger partial charge in [0, 0.05) is 5.39 Å². The van der Waals surface area contributed by atoms with Crippen molar-refractivity contribution in [2.24, 2.45) is 5.92 Å². The Morgan fingerprint density at radius 1 is 1.15 bits per heavy atom. The van der Waals surface area contributed by atoms with Gasteiger partial charge in [-0.3, -0.25) is 9.59 Å². The molecule has 2 atom stereocenters. The maximum atomic E-state index is 11.3. The fraction of sp³-hybridized carbons (Fsp3) is 0.190. The molecule has 0 saturated carbocycles. The molecule has 1 N–H and O–H groups in total. The zero-order chi connectivity index (χ0) is 19.1. The number of Topliss-reactive ketones (excluding diaryl/α,β-unsaturated/α-hetero) is 2. The molecule has 1 aromatic carbocycles. The van der Waals surface area contributed by atoms with Gasteiger partial charge in [0.1, 0.15) is 17.4 Å². The highest BCUT2D eigenvalue weighted by molar-refractivity contribution is 6.18. The van der Waals surface area contributed by atoms with Crippen LogP contribution in [0.15, 0.2) is 70.7 Å². The number of benzene rings is 1. The fourth-order valence-electron chi connectivity index (χ4n) is 2.43. The molecule has 0 bridgehead atoms. The highest BCUT2D eigenvalue weighted by Gasteiger charge is 2.21. The van der Waals surface area contributed by atoms with Gasteiger partial charge in [-0.05, 0) is 32.1 Å². The van der Waals surface area contributed by atoms with Gasteiger partial charge in [-0.2, -0.15) is 5.26 Å². The summed E-state index contributed by atoms with van der Waals surface area (Å²) in [6, 6.07) is 11.1. The molecule has 0 saturated heterocycles. The Hall–Kier alpha value is -3.23. The molecule has 0 amide bonds. The second kappa shape index (κ2) is 8.75. The van der Waals surface area contributed by atoms with Crippen LogP contribution in [0.3, 0.4) is 0 Å². The SMILES string of the molecule is CC(=O)C(=CC=CC=CC(C#N)C(O)c1cc2ccccc2o1)C(C)=O. The standard InChI is InChI=1S/C21H19NO4/c1-14(23)18(15(2)24)10-5-3-4-9-17(13-22)21(25)20-12-16-8-6-7-11-19(16)26-20/h3-12,17,21,25H,1-2H3. The average Bonchev–Trinajstić information content (AvgIpc) is 3.04. The van der Waals surface area contributed by atoms with Gasteiger partial charge in [-0.25, -0.2) is 0 Å². The van der Waals surface area contributed by atoms with Crippen molar-refractivity contribution in [3.05, 3.63) is 72.0 Å². The minimum absolute atomic E-state index is 0.105. The highest BCUT2D eigenvalue weighted by Crippen LogP contribution is 2.28. The number of rotatable bonds is 7. The van der Waals surface area contributed by atoms with Crippen molar-refractivity contribution in [1.82, 2.24) is 0 Å². The molecule has 2 rings (SSSR count). The molecule has 0 aliphatic rings. The first kappa shape index (κ1) is 19.1. The van der Waals surface area contributed by atoms with Crippen LogP contribution in [0, 0.1) is 17.2 Å². The monoisotopic (exact) mass is 349 g/mol. The van der Waals surface area contributed by atoms with E-state index >= 15 is 0 Å². The van der Waals surface area contributed by atoms with Crippen LogP contribution >= 0.6 is 0 Å². The van der Waals surface area contributed by atoms with Crippen molar-refractivity contribution in [3.63, 3.8) is 0 Å². The van der Waals surface area contributed by atoms with E-state index in [1.807, 2.05) is 24.3 Å². The van der Waals surface area contributed by atoms with Gasteiger partial charge in [0.25, 0.3) is 0 Å². The Morgan fingerprint density at radius 3 is 2.46 bits per heavy atom. The maximum absolute atomic E-state index is 11.3. The number of carbonyl (C=O) groups is 2. The van der Waals surface area contributed by atoms with Crippen LogP contribution < -0.4 is 0 Å². The number of fused-ring (bicyclic) bond motifs is 1. The van der Waals surface area contributed by atoms with E-state index in [9.17, 15) is 20.0 Å². The van der Waals surface area contributed by atoms with E-state index in [1.54, 1.807) is 24.3 Å². The summed E-state index contributed by atoms with van der Waals surface area (Å²) in [5.74, 6) is -1.09. The molecule has 2 unspecified atom stereocenters. The molecule has 0 spiro atoms. The van der Waals surface area contributed by atoms with Gasteiger partial charge in [0.2, 0.25) is 0 Å². The third-order valence-electron chi connectivity index (χ3n) is 3.79. The number of aliphatic hydroxyl groups excluding tert-OH is 1. The first-order chi connectivity index (χ1) is 12.4. The van der Waals surface area contributed by atoms with E-state index in [2.05, 4.69) is 0 Å². The quantitative estimate of drug-likeness (QED) is 0.355. The molecule has 0 aliphatic carbocycles. The largest absolute Gasteiger partial charge is 0.458 e. The number of ketones is 2. The number of hydrogen-bond acceptors (Lipinski definition) is 5. The van der Waals surface area contributed by atoms with Crippen molar-refractivity contribution >= 4 is 22.5 Å². The van der Waals surface area contributed by atoms with E-state index < -0.39 is 12.0 Å². The predicted molar refractivity (Wildman–Crippen MR) is 98.0 cm³/mol. The predicted octanol–water partition coefficient (Wildman–Crippen LogP) is 3.82. The molecule has 2 aromatic rings. The van der Waals surface area contributed by atoms with Gasteiger partial charge in [0.05, 0.1) is 17.6 Å². The minimum Gasteiger partial charge on any atom is -0.458 e. The molecule has 0 aliphatic heterocycles. The Morgan fingerprint density at radius 2 is 1.85 bits per heavy atom. The normalized spacial score (nSPS) is 13.6. The van der Waals surface area contributed by atoms with Crippen LogP contribution in [-0.4, -0.2) is 16.7 Å². The van der Waals surface area contributed by atoms with Crippen molar-refractivity contribution in [1.29, 1.82) is 5.26 Å². The Kier molecular flexibility index (Phi) is 6.42. The highest BCUT2D eigenvalue weighted by atomic mass is 16.4. The lowest BCUT2D eigenvalue weighted by Gasteiger charge is -2.09. The Labute approximate surface area is 151 Å². The summed E-state index contributed by atoms with van der Waals surface area (Å²) < 4.78 is 5.59. The first-order valence-electron chi connectivity index (χ1n) is 8.07. The number of hydrogen-bond donors (Lipinski definition) is 1. The zero-order valence-electron chi connectivity index (χ0n) is 14.5. The third-order valence-corrected chi connectivity index (χ3v) is 3.79. The molecule has 132 valence electrons. The van der Waals surface area contributed by atoms with Crippen molar-refractivity contribution in [3.8, 4) is 6.07 Å². The van der Waals surface area contributed by atoms with Gasteiger partial charge in [0.15, 0.2) is 11.6 Å². The number of para-hydroxylation sites is 1. The van der Waals surface area contributed by atoms with Crippen LogP contribution in [0.4, 0.5) is 0 Å². The summed E-state index contributed by atoms with van der Waals surface area (Å²) in [6.07, 6.45) is 6.56.